The Morgan fingerprint density at radius 2 is 2.03 bits per heavy atom. The molecule has 0 radical (unpaired) electrons. The van der Waals surface area contributed by atoms with Gasteiger partial charge < -0.3 is 19.8 Å². The number of pyridine rings is 2. The van der Waals surface area contributed by atoms with Gasteiger partial charge in [0.1, 0.15) is 17.0 Å². The average Bonchev–Trinajstić information content (AvgIpc) is 3.47. The quantitative estimate of drug-likeness (QED) is 0.425. The third-order valence-corrected chi connectivity index (χ3v) is 6.25. The van der Waals surface area contributed by atoms with Crippen molar-refractivity contribution >= 4 is 22.6 Å². The summed E-state index contributed by atoms with van der Waals surface area (Å²) >= 11 is 0. The molecule has 0 aliphatic heterocycles. The topological polar surface area (TPSA) is 96.7 Å². The molecule has 0 unspecified atom stereocenters. The van der Waals surface area contributed by atoms with E-state index in [1.165, 1.54) is 12.8 Å². The molecule has 4 aromatic rings. The Hall–Kier alpha value is -3.39. The van der Waals surface area contributed by atoms with E-state index < -0.39 is 5.97 Å². The van der Waals surface area contributed by atoms with Gasteiger partial charge in [-0.1, -0.05) is 0 Å². The predicted molar refractivity (Wildman–Crippen MR) is 126 cm³/mol. The highest BCUT2D eigenvalue weighted by atomic mass is 16.5. The number of esters is 1. The standard InChI is InChI=1S/C25H29N5O3/c1-5-33-25(31)18-11-21-28-23(15(3)30(21)22(12-18)32-4)20-10-17-8-9-19(14(2)26)27-24(17)29(20)13-16-6-7-16/h8-12,14,16H,5-7,13,26H2,1-4H3/t14-/m1/s1. The first kappa shape index (κ1) is 21.5. The Bertz CT molecular complexity index is 1360. The van der Waals surface area contributed by atoms with Crippen LogP contribution in [0.3, 0.4) is 0 Å². The van der Waals surface area contributed by atoms with Gasteiger partial charge in [-0.05, 0) is 63.8 Å². The fourth-order valence-corrected chi connectivity index (χ4v) is 4.34. The van der Waals surface area contributed by atoms with Crippen molar-refractivity contribution in [3.05, 3.63) is 47.3 Å². The maximum absolute atomic E-state index is 12.4. The van der Waals surface area contributed by atoms with Gasteiger partial charge in [-0.25, -0.2) is 14.8 Å². The summed E-state index contributed by atoms with van der Waals surface area (Å²) < 4.78 is 15.0. The van der Waals surface area contributed by atoms with Crippen molar-refractivity contribution in [1.82, 2.24) is 18.9 Å². The molecule has 8 heteroatoms. The summed E-state index contributed by atoms with van der Waals surface area (Å²) in [6.45, 7) is 6.95. The first-order valence-corrected chi connectivity index (χ1v) is 11.4. The van der Waals surface area contributed by atoms with Crippen LogP contribution < -0.4 is 10.5 Å². The molecule has 1 aliphatic rings. The zero-order valence-corrected chi connectivity index (χ0v) is 19.5. The van der Waals surface area contributed by atoms with E-state index in [4.69, 9.17) is 25.2 Å². The van der Waals surface area contributed by atoms with Gasteiger partial charge in [0.2, 0.25) is 0 Å². The van der Waals surface area contributed by atoms with Crippen molar-refractivity contribution in [3.63, 3.8) is 0 Å². The third-order valence-electron chi connectivity index (χ3n) is 6.25. The Balaban J connectivity index is 1.72. The molecule has 172 valence electrons. The first-order chi connectivity index (χ1) is 15.9. The molecule has 0 bridgehead atoms. The molecule has 1 fully saturated rings. The molecule has 4 heterocycles. The van der Waals surface area contributed by atoms with Gasteiger partial charge in [0.15, 0.2) is 5.88 Å². The fraction of sp³-hybridized carbons (Fsp3) is 0.400. The minimum absolute atomic E-state index is 0.135. The molecule has 1 aliphatic carbocycles. The van der Waals surface area contributed by atoms with Crippen LogP contribution in [0.15, 0.2) is 30.3 Å². The molecule has 4 aromatic heterocycles. The van der Waals surface area contributed by atoms with Crippen molar-refractivity contribution in [2.75, 3.05) is 13.7 Å². The summed E-state index contributed by atoms with van der Waals surface area (Å²) in [7, 11) is 1.59. The van der Waals surface area contributed by atoms with E-state index in [1.807, 2.05) is 24.3 Å². The number of carbonyl (C=O) groups is 1. The van der Waals surface area contributed by atoms with E-state index in [2.05, 4.69) is 16.7 Å². The lowest BCUT2D eigenvalue weighted by Gasteiger charge is -2.11. The molecule has 1 atom stereocenters. The Morgan fingerprint density at radius 1 is 1.24 bits per heavy atom. The number of ether oxygens (including phenoxy) is 2. The van der Waals surface area contributed by atoms with E-state index in [-0.39, 0.29) is 6.04 Å². The Morgan fingerprint density at radius 3 is 2.70 bits per heavy atom. The van der Waals surface area contributed by atoms with Crippen molar-refractivity contribution in [3.8, 4) is 17.3 Å². The van der Waals surface area contributed by atoms with Gasteiger partial charge in [-0.2, -0.15) is 0 Å². The minimum Gasteiger partial charge on any atom is -0.482 e. The number of aryl methyl sites for hydroxylation is 1. The molecule has 0 spiro atoms. The predicted octanol–water partition coefficient (Wildman–Crippen LogP) is 4.27. The monoisotopic (exact) mass is 447 g/mol. The summed E-state index contributed by atoms with van der Waals surface area (Å²) in [5, 5.41) is 1.06. The summed E-state index contributed by atoms with van der Waals surface area (Å²) in [5.41, 5.74) is 11.8. The van der Waals surface area contributed by atoms with Gasteiger partial charge in [-0.3, -0.25) is 4.40 Å². The molecule has 1 saturated carbocycles. The number of hydrogen-bond donors (Lipinski definition) is 1. The molecule has 0 aromatic carbocycles. The molecule has 8 nitrogen and oxygen atoms in total. The molecule has 33 heavy (non-hydrogen) atoms. The number of nitrogens with two attached hydrogens (primary N) is 1. The highest BCUT2D eigenvalue weighted by Gasteiger charge is 2.27. The molecule has 0 saturated heterocycles. The summed E-state index contributed by atoms with van der Waals surface area (Å²) in [4.78, 5) is 22.2. The van der Waals surface area contributed by atoms with Crippen LogP contribution in [0.5, 0.6) is 5.88 Å². The Labute approximate surface area is 192 Å². The number of imidazole rings is 1. The first-order valence-electron chi connectivity index (χ1n) is 11.4. The lowest BCUT2D eigenvalue weighted by Crippen LogP contribution is -2.09. The van der Waals surface area contributed by atoms with Crippen molar-refractivity contribution < 1.29 is 14.3 Å². The number of carbonyl (C=O) groups excluding carboxylic acids is 1. The number of aromatic nitrogens is 4. The van der Waals surface area contributed by atoms with Crippen LogP contribution in [0.4, 0.5) is 0 Å². The molecule has 0 amide bonds. The highest BCUT2D eigenvalue weighted by Crippen LogP contribution is 2.37. The van der Waals surface area contributed by atoms with Crippen molar-refractivity contribution in [2.45, 2.75) is 46.2 Å². The number of fused-ring (bicyclic) bond motifs is 2. The fourth-order valence-electron chi connectivity index (χ4n) is 4.34. The van der Waals surface area contributed by atoms with E-state index in [0.717, 1.165) is 40.4 Å². The largest absolute Gasteiger partial charge is 0.482 e. The van der Waals surface area contributed by atoms with E-state index in [9.17, 15) is 4.79 Å². The summed E-state index contributed by atoms with van der Waals surface area (Å²) in [5.74, 6) is 0.799. The normalized spacial score (nSPS) is 14.7. The van der Waals surface area contributed by atoms with Crippen LogP contribution in [0.1, 0.15) is 54.5 Å². The highest BCUT2D eigenvalue weighted by molar-refractivity contribution is 5.91. The van der Waals surface area contributed by atoms with E-state index in [1.54, 1.807) is 26.2 Å². The molecule has 5 rings (SSSR count). The van der Waals surface area contributed by atoms with Crippen LogP contribution in [-0.4, -0.2) is 38.6 Å². The molecular formula is C25H29N5O3. The van der Waals surface area contributed by atoms with E-state index >= 15 is 0 Å². The number of nitrogens with zero attached hydrogens (tertiary/aromatic N) is 4. The molecular weight excluding hydrogens is 418 g/mol. The van der Waals surface area contributed by atoms with Crippen LogP contribution in [0.25, 0.3) is 28.1 Å². The number of rotatable bonds is 7. The van der Waals surface area contributed by atoms with Crippen LogP contribution in [0.2, 0.25) is 0 Å². The number of hydrogen-bond acceptors (Lipinski definition) is 6. The smallest absolute Gasteiger partial charge is 0.338 e. The second kappa shape index (κ2) is 8.19. The van der Waals surface area contributed by atoms with Gasteiger partial charge in [0.25, 0.3) is 0 Å². The van der Waals surface area contributed by atoms with Gasteiger partial charge in [-0.15, -0.1) is 0 Å². The lowest BCUT2D eigenvalue weighted by molar-refractivity contribution is 0.0526. The minimum atomic E-state index is -0.393. The zero-order valence-electron chi connectivity index (χ0n) is 19.5. The summed E-state index contributed by atoms with van der Waals surface area (Å²) in [6.07, 6.45) is 2.46. The lowest BCUT2D eigenvalue weighted by atomic mass is 10.2. The van der Waals surface area contributed by atoms with Crippen molar-refractivity contribution in [1.29, 1.82) is 0 Å². The maximum atomic E-state index is 12.4. The zero-order chi connectivity index (χ0) is 23.3. The SMILES string of the molecule is CCOC(=O)c1cc(OC)n2c(C)c(-c3cc4ccc([C@@H](C)N)nc4n3CC3CC3)nc2c1. The third kappa shape index (κ3) is 3.74. The molecule has 2 N–H and O–H groups in total. The second-order valence-corrected chi connectivity index (χ2v) is 8.77. The maximum Gasteiger partial charge on any atom is 0.338 e. The van der Waals surface area contributed by atoms with Crippen LogP contribution in [0, 0.1) is 12.8 Å². The van der Waals surface area contributed by atoms with Gasteiger partial charge in [0.05, 0.1) is 36.4 Å². The van der Waals surface area contributed by atoms with Crippen LogP contribution in [-0.2, 0) is 11.3 Å². The average molecular weight is 448 g/mol. The van der Waals surface area contributed by atoms with E-state index in [0.29, 0.717) is 29.6 Å². The number of methoxy groups -OCH3 is 1. The van der Waals surface area contributed by atoms with Gasteiger partial charge in [0, 0.05) is 24.0 Å². The van der Waals surface area contributed by atoms with Crippen molar-refractivity contribution in [2.24, 2.45) is 11.7 Å². The summed E-state index contributed by atoms with van der Waals surface area (Å²) in [6, 6.07) is 9.52. The van der Waals surface area contributed by atoms with Crippen LogP contribution >= 0.6 is 0 Å². The van der Waals surface area contributed by atoms with Gasteiger partial charge >= 0.3 is 5.97 Å². The Kier molecular flexibility index (Phi) is 5.32. The second-order valence-electron chi connectivity index (χ2n) is 8.77.